The summed E-state index contributed by atoms with van der Waals surface area (Å²) in [6.45, 7) is 2.35. The van der Waals surface area contributed by atoms with Crippen LogP contribution in [-0.2, 0) is 6.54 Å². The summed E-state index contributed by atoms with van der Waals surface area (Å²) >= 11 is 0. The highest BCUT2D eigenvalue weighted by atomic mass is 16.6. The Balaban J connectivity index is 3.12. The van der Waals surface area contributed by atoms with Crippen LogP contribution in [0.1, 0.15) is 19.0 Å². The van der Waals surface area contributed by atoms with Crippen LogP contribution >= 0.6 is 0 Å². The molecule has 68 valence electrons. The van der Waals surface area contributed by atoms with E-state index in [4.69, 9.17) is 5.26 Å². The van der Waals surface area contributed by atoms with Crippen molar-refractivity contribution < 1.29 is 4.92 Å². The summed E-state index contributed by atoms with van der Waals surface area (Å²) in [5, 5.41) is 25.7. The van der Waals surface area contributed by atoms with Gasteiger partial charge in [0.05, 0.1) is 5.21 Å². The van der Waals surface area contributed by atoms with Crippen molar-refractivity contribution in [1.29, 1.82) is 5.26 Å². The third-order valence-electron chi connectivity index (χ3n) is 1.43. The number of hydrogen-bond donors (Lipinski definition) is 0. The minimum Gasteiger partial charge on any atom is -0.358 e. The van der Waals surface area contributed by atoms with Gasteiger partial charge in [0, 0.05) is 6.54 Å². The van der Waals surface area contributed by atoms with Crippen LogP contribution in [0.5, 0.6) is 0 Å². The zero-order valence-corrected chi connectivity index (χ0v) is 6.97. The van der Waals surface area contributed by atoms with E-state index in [2.05, 4.69) is 10.3 Å². The molecule has 1 heterocycles. The van der Waals surface area contributed by atoms with E-state index in [-0.39, 0.29) is 5.69 Å². The molecule has 0 atom stereocenters. The standard InChI is InChI=1S/C6H7N5O2/c1-2-3-10-5(4-7)6(8-9-10)11(12)13/h2-3H2,1H3. The number of nitrogens with zero attached hydrogens (tertiary/aromatic N) is 5. The molecule has 0 aromatic carbocycles. The van der Waals surface area contributed by atoms with Gasteiger partial charge < -0.3 is 10.1 Å². The average molecular weight is 181 g/mol. The van der Waals surface area contributed by atoms with Crippen LogP contribution in [0, 0.1) is 21.4 Å². The molecular weight excluding hydrogens is 174 g/mol. The van der Waals surface area contributed by atoms with Gasteiger partial charge in [-0.2, -0.15) is 5.26 Å². The molecule has 13 heavy (non-hydrogen) atoms. The quantitative estimate of drug-likeness (QED) is 0.498. The topological polar surface area (TPSA) is 97.6 Å². The van der Waals surface area contributed by atoms with Crippen molar-refractivity contribution in [3.8, 4) is 6.07 Å². The summed E-state index contributed by atoms with van der Waals surface area (Å²) in [5.74, 6) is -0.476. The third-order valence-corrected chi connectivity index (χ3v) is 1.43. The van der Waals surface area contributed by atoms with E-state index in [1.165, 1.54) is 4.68 Å². The maximum absolute atomic E-state index is 10.3. The van der Waals surface area contributed by atoms with Gasteiger partial charge in [0.15, 0.2) is 0 Å². The van der Waals surface area contributed by atoms with Gasteiger partial charge in [0.2, 0.25) is 5.69 Å². The molecule has 0 N–H and O–H groups in total. The second kappa shape index (κ2) is 3.62. The Bertz CT molecular complexity index is 364. The third kappa shape index (κ3) is 1.61. The van der Waals surface area contributed by atoms with E-state index in [1.54, 1.807) is 6.07 Å². The normalized spacial score (nSPS) is 9.54. The molecule has 0 bridgehead atoms. The fraction of sp³-hybridized carbons (Fsp3) is 0.500. The number of aromatic nitrogens is 3. The maximum atomic E-state index is 10.3. The van der Waals surface area contributed by atoms with Gasteiger partial charge in [-0.3, -0.25) is 0 Å². The fourth-order valence-corrected chi connectivity index (χ4v) is 0.903. The van der Waals surface area contributed by atoms with Crippen molar-refractivity contribution in [2.45, 2.75) is 19.9 Å². The van der Waals surface area contributed by atoms with Gasteiger partial charge in [0.25, 0.3) is 0 Å². The van der Waals surface area contributed by atoms with Crippen molar-refractivity contribution in [3.63, 3.8) is 0 Å². The lowest BCUT2D eigenvalue weighted by Crippen LogP contribution is -2.02. The fourth-order valence-electron chi connectivity index (χ4n) is 0.903. The zero-order chi connectivity index (χ0) is 9.84. The highest BCUT2D eigenvalue weighted by Crippen LogP contribution is 2.12. The van der Waals surface area contributed by atoms with Gasteiger partial charge in [-0.05, 0) is 11.3 Å². The second-order valence-corrected chi connectivity index (χ2v) is 2.35. The van der Waals surface area contributed by atoms with E-state index < -0.39 is 10.7 Å². The lowest BCUT2D eigenvalue weighted by Gasteiger charge is -1.93. The minimum atomic E-state index is -0.711. The van der Waals surface area contributed by atoms with Crippen molar-refractivity contribution in [2.75, 3.05) is 0 Å². The Morgan fingerprint density at radius 3 is 2.92 bits per heavy atom. The molecule has 0 amide bonds. The SMILES string of the molecule is CCCn1nnc([N+](=O)[O-])c1C#N. The Hall–Kier alpha value is -1.97. The molecule has 0 fully saturated rings. The molecule has 1 aromatic heterocycles. The largest absolute Gasteiger partial charge is 0.428 e. The van der Waals surface area contributed by atoms with Crippen molar-refractivity contribution in [1.82, 2.24) is 15.0 Å². The first kappa shape index (κ1) is 9.12. The van der Waals surface area contributed by atoms with Crippen LogP contribution in [0.3, 0.4) is 0 Å². The molecule has 7 nitrogen and oxygen atoms in total. The molecule has 1 rings (SSSR count). The molecule has 7 heteroatoms. The van der Waals surface area contributed by atoms with Crippen LogP contribution < -0.4 is 0 Å². The second-order valence-electron chi connectivity index (χ2n) is 2.35. The average Bonchev–Trinajstić information content (AvgIpc) is 2.48. The molecule has 0 saturated heterocycles. The van der Waals surface area contributed by atoms with Gasteiger partial charge >= 0.3 is 5.82 Å². The Morgan fingerprint density at radius 1 is 1.77 bits per heavy atom. The van der Waals surface area contributed by atoms with E-state index >= 15 is 0 Å². The molecule has 0 radical (unpaired) electrons. The number of aryl methyl sites for hydroxylation is 1. The Labute approximate surface area is 73.7 Å². The van der Waals surface area contributed by atoms with Crippen LogP contribution in [0.25, 0.3) is 0 Å². The van der Waals surface area contributed by atoms with Crippen molar-refractivity contribution >= 4 is 5.82 Å². The van der Waals surface area contributed by atoms with Gasteiger partial charge in [-0.25, -0.2) is 4.68 Å². The number of nitriles is 1. The van der Waals surface area contributed by atoms with Gasteiger partial charge in [-0.15, -0.1) is 0 Å². The van der Waals surface area contributed by atoms with Crippen LogP contribution in [0.15, 0.2) is 0 Å². The van der Waals surface area contributed by atoms with Gasteiger partial charge in [0.1, 0.15) is 11.2 Å². The Morgan fingerprint density at radius 2 is 2.46 bits per heavy atom. The summed E-state index contributed by atoms with van der Waals surface area (Å²) in [4.78, 5) is 9.63. The zero-order valence-electron chi connectivity index (χ0n) is 6.97. The molecule has 1 aromatic rings. The highest BCUT2D eigenvalue weighted by Gasteiger charge is 2.22. The molecule has 0 aliphatic heterocycles. The summed E-state index contributed by atoms with van der Waals surface area (Å²) in [6, 6.07) is 1.71. The summed E-state index contributed by atoms with van der Waals surface area (Å²) in [7, 11) is 0. The monoisotopic (exact) mass is 181 g/mol. The molecule has 0 aliphatic rings. The van der Waals surface area contributed by atoms with Gasteiger partial charge in [-0.1, -0.05) is 6.92 Å². The minimum absolute atomic E-state index is 0.0909. The first-order valence-electron chi connectivity index (χ1n) is 3.68. The van der Waals surface area contributed by atoms with E-state index in [1.807, 2.05) is 6.92 Å². The number of hydrogen-bond acceptors (Lipinski definition) is 5. The number of rotatable bonds is 3. The Kier molecular flexibility index (Phi) is 2.54. The lowest BCUT2D eigenvalue weighted by atomic mass is 10.4. The predicted molar refractivity (Wildman–Crippen MR) is 41.7 cm³/mol. The predicted octanol–water partition coefficient (Wildman–Crippen LogP) is 0.468. The highest BCUT2D eigenvalue weighted by molar-refractivity contribution is 5.35. The first-order chi connectivity index (χ1) is 6.20. The number of nitro groups is 1. The van der Waals surface area contributed by atoms with E-state index in [9.17, 15) is 10.1 Å². The summed E-state index contributed by atoms with van der Waals surface area (Å²) in [5.41, 5.74) is -0.0909. The maximum Gasteiger partial charge on any atom is 0.428 e. The molecule has 0 spiro atoms. The smallest absolute Gasteiger partial charge is 0.358 e. The van der Waals surface area contributed by atoms with E-state index in [0.717, 1.165) is 6.42 Å². The van der Waals surface area contributed by atoms with Crippen molar-refractivity contribution in [3.05, 3.63) is 15.8 Å². The first-order valence-corrected chi connectivity index (χ1v) is 3.68. The van der Waals surface area contributed by atoms with E-state index in [0.29, 0.717) is 6.54 Å². The lowest BCUT2D eigenvalue weighted by molar-refractivity contribution is -0.389. The molecule has 0 unspecified atom stereocenters. The summed E-state index contributed by atoms with van der Waals surface area (Å²) in [6.07, 6.45) is 0.745. The van der Waals surface area contributed by atoms with Crippen LogP contribution in [0.2, 0.25) is 0 Å². The molecule has 0 aliphatic carbocycles. The van der Waals surface area contributed by atoms with Crippen molar-refractivity contribution in [2.24, 2.45) is 0 Å². The molecule has 0 saturated carbocycles. The van der Waals surface area contributed by atoms with Crippen LogP contribution in [0.4, 0.5) is 5.82 Å². The summed E-state index contributed by atoms with van der Waals surface area (Å²) < 4.78 is 1.23. The molecular formula is C6H7N5O2. The van der Waals surface area contributed by atoms with Crippen LogP contribution in [-0.4, -0.2) is 19.9 Å².